The van der Waals surface area contributed by atoms with Gasteiger partial charge in [-0.3, -0.25) is 9.59 Å². The molecule has 1 aromatic carbocycles. The molecule has 2 aromatic rings. The highest BCUT2D eigenvalue weighted by atomic mass is 32.1. The molecule has 1 fully saturated rings. The Balaban J connectivity index is 1.23. The third-order valence-corrected chi connectivity index (χ3v) is 6.19. The minimum Gasteiger partial charge on any atom is -0.337 e. The topological polar surface area (TPSA) is 78.2 Å². The number of hydrogen-bond donors (Lipinski definition) is 0. The number of fused-ring (bicyclic) bond motifs is 1. The number of thiazole rings is 1. The van der Waals surface area contributed by atoms with E-state index in [-0.39, 0.29) is 17.7 Å². The number of benzene rings is 1. The lowest BCUT2D eigenvalue weighted by Gasteiger charge is -2.36. The van der Waals surface area contributed by atoms with Gasteiger partial charge < -0.3 is 9.80 Å². The third kappa shape index (κ3) is 3.50. The van der Waals surface area contributed by atoms with Crippen LogP contribution in [0.25, 0.3) is 10.6 Å². The maximum absolute atomic E-state index is 12.9. The van der Waals surface area contributed by atoms with Gasteiger partial charge in [0.15, 0.2) is 0 Å². The second kappa shape index (κ2) is 7.79. The number of nitrogens with zero attached hydrogens (tertiary/aromatic N) is 5. The molecule has 30 heavy (non-hydrogen) atoms. The van der Waals surface area contributed by atoms with Crippen LogP contribution >= 0.6 is 11.3 Å². The monoisotopic (exact) mass is 417 g/mol. The fraction of sp³-hybridized carbons (Fsp3) is 0.227. The van der Waals surface area contributed by atoms with Crippen molar-refractivity contribution in [1.82, 2.24) is 14.8 Å². The van der Waals surface area contributed by atoms with Crippen LogP contribution in [0.15, 0.2) is 70.1 Å². The van der Waals surface area contributed by atoms with Crippen LogP contribution in [0.3, 0.4) is 0 Å². The molecule has 0 radical (unpaired) electrons. The number of allylic oxidation sites excluding steroid dienone is 3. The van der Waals surface area contributed by atoms with Crippen molar-refractivity contribution in [2.24, 2.45) is 15.9 Å². The molecule has 2 aliphatic heterocycles. The molecule has 8 heteroatoms. The molecule has 2 amide bonds. The molecular weight excluding hydrogens is 398 g/mol. The van der Waals surface area contributed by atoms with Crippen molar-refractivity contribution < 1.29 is 9.59 Å². The zero-order valence-corrected chi connectivity index (χ0v) is 17.0. The zero-order valence-electron chi connectivity index (χ0n) is 16.1. The Bertz CT molecular complexity index is 1090. The predicted octanol–water partition coefficient (Wildman–Crippen LogP) is 2.65. The highest BCUT2D eigenvalue weighted by Gasteiger charge is 2.30. The summed E-state index contributed by atoms with van der Waals surface area (Å²) in [5, 5.41) is 2.88. The van der Waals surface area contributed by atoms with Crippen molar-refractivity contribution in [3.8, 4) is 10.6 Å². The van der Waals surface area contributed by atoms with Gasteiger partial charge in [0.25, 0.3) is 11.8 Å². The molecule has 1 aromatic heterocycles. The van der Waals surface area contributed by atoms with E-state index in [1.807, 2.05) is 63.7 Å². The number of amides is 2. The lowest BCUT2D eigenvalue weighted by molar-refractivity contribution is -0.118. The Morgan fingerprint density at radius 2 is 1.83 bits per heavy atom. The van der Waals surface area contributed by atoms with E-state index in [9.17, 15) is 9.59 Å². The van der Waals surface area contributed by atoms with Gasteiger partial charge in [0, 0.05) is 48.9 Å². The number of aliphatic imine (C=N–C) groups is 2. The second-order valence-electron chi connectivity index (χ2n) is 7.20. The first-order valence-electron chi connectivity index (χ1n) is 9.79. The van der Waals surface area contributed by atoms with Gasteiger partial charge in [-0.25, -0.2) is 9.98 Å². The molecule has 3 aliphatic rings. The summed E-state index contributed by atoms with van der Waals surface area (Å²) in [5.41, 5.74) is 2.40. The maximum Gasteiger partial charge on any atom is 0.261 e. The summed E-state index contributed by atoms with van der Waals surface area (Å²) in [6.07, 6.45) is 9.16. The molecule has 1 saturated heterocycles. The molecule has 0 saturated carbocycles. The molecule has 7 nitrogen and oxygen atoms in total. The summed E-state index contributed by atoms with van der Waals surface area (Å²) in [4.78, 5) is 42.0. The lowest BCUT2D eigenvalue weighted by Crippen LogP contribution is -2.51. The van der Waals surface area contributed by atoms with E-state index >= 15 is 0 Å². The van der Waals surface area contributed by atoms with E-state index in [1.165, 1.54) is 0 Å². The number of hydrogen-bond acceptors (Lipinski definition) is 6. The van der Waals surface area contributed by atoms with Crippen LogP contribution in [-0.4, -0.2) is 64.4 Å². The van der Waals surface area contributed by atoms with Crippen molar-refractivity contribution in [1.29, 1.82) is 0 Å². The number of carbonyl (C=O) groups excluding carboxylic acids is 2. The van der Waals surface area contributed by atoms with Gasteiger partial charge in [-0.1, -0.05) is 30.4 Å². The van der Waals surface area contributed by atoms with Gasteiger partial charge in [-0.15, -0.1) is 11.3 Å². The highest BCUT2D eigenvalue weighted by Crippen LogP contribution is 2.23. The molecule has 0 N–H and O–H groups in total. The fourth-order valence-corrected chi connectivity index (χ4v) is 4.36. The number of aromatic nitrogens is 1. The second-order valence-corrected chi connectivity index (χ2v) is 8.10. The summed E-state index contributed by atoms with van der Waals surface area (Å²) in [5.74, 6) is -0.0942. The highest BCUT2D eigenvalue weighted by molar-refractivity contribution is 7.13. The normalized spacial score (nSPS) is 20.7. The van der Waals surface area contributed by atoms with E-state index in [4.69, 9.17) is 0 Å². The summed E-state index contributed by atoms with van der Waals surface area (Å²) >= 11 is 1.57. The minimum atomic E-state index is -0.367. The SMILES string of the molecule is O=C1N=C(N2CCN(C(=O)c3ccc(-c4nccs4)cc3)CC2)N=C2C=CC=CC12. The van der Waals surface area contributed by atoms with Crippen LogP contribution in [0.1, 0.15) is 10.4 Å². The van der Waals surface area contributed by atoms with Crippen molar-refractivity contribution in [2.75, 3.05) is 26.2 Å². The van der Waals surface area contributed by atoms with E-state index in [1.54, 1.807) is 17.5 Å². The molecule has 0 spiro atoms. The van der Waals surface area contributed by atoms with Crippen molar-refractivity contribution in [3.63, 3.8) is 0 Å². The minimum absolute atomic E-state index is 0.00808. The van der Waals surface area contributed by atoms with Gasteiger partial charge in [-0.2, -0.15) is 4.99 Å². The maximum atomic E-state index is 12.9. The van der Waals surface area contributed by atoms with Gasteiger partial charge in [0.1, 0.15) is 10.9 Å². The largest absolute Gasteiger partial charge is 0.337 e. The van der Waals surface area contributed by atoms with Crippen LogP contribution in [0, 0.1) is 5.92 Å². The molecule has 3 heterocycles. The Morgan fingerprint density at radius 1 is 1.03 bits per heavy atom. The van der Waals surface area contributed by atoms with Crippen molar-refractivity contribution in [3.05, 3.63) is 65.7 Å². The number of carbonyl (C=O) groups is 2. The molecule has 1 unspecified atom stereocenters. The van der Waals surface area contributed by atoms with Crippen molar-refractivity contribution in [2.45, 2.75) is 0 Å². The number of guanidine groups is 1. The Morgan fingerprint density at radius 3 is 2.57 bits per heavy atom. The molecular formula is C22H19N5O2S. The molecule has 1 aliphatic carbocycles. The van der Waals surface area contributed by atoms with Crippen LogP contribution in [0.5, 0.6) is 0 Å². The van der Waals surface area contributed by atoms with E-state index in [2.05, 4.69) is 15.0 Å². The van der Waals surface area contributed by atoms with Crippen LogP contribution in [0.4, 0.5) is 0 Å². The smallest absolute Gasteiger partial charge is 0.261 e. The molecule has 1 atom stereocenters. The first kappa shape index (κ1) is 18.6. The first-order chi connectivity index (χ1) is 14.7. The zero-order chi connectivity index (χ0) is 20.5. The van der Waals surface area contributed by atoms with Gasteiger partial charge in [0.2, 0.25) is 5.96 Å². The van der Waals surface area contributed by atoms with Gasteiger partial charge in [-0.05, 0) is 18.2 Å². The van der Waals surface area contributed by atoms with E-state index in [0.717, 1.165) is 16.3 Å². The molecule has 5 rings (SSSR count). The summed E-state index contributed by atoms with van der Waals surface area (Å²) in [7, 11) is 0. The van der Waals surface area contributed by atoms with Crippen LogP contribution in [0.2, 0.25) is 0 Å². The summed E-state index contributed by atoms with van der Waals surface area (Å²) in [6, 6.07) is 7.57. The molecule has 150 valence electrons. The van der Waals surface area contributed by atoms with Crippen LogP contribution in [-0.2, 0) is 4.79 Å². The lowest BCUT2D eigenvalue weighted by atomic mass is 9.97. The Hall–Kier alpha value is -3.39. The first-order valence-corrected chi connectivity index (χ1v) is 10.7. The Kier molecular flexibility index (Phi) is 4.84. The molecule has 0 bridgehead atoms. The van der Waals surface area contributed by atoms with Gasteiger partial charge >= 0.3 is 0 Å². The standard InChI is InChI=1S/C22H19N5O2S/c28-19-17-3-1-2-4-18(17)24-22(25-19)27-12-10-26(11-13-27)21(29)16-7-5-15(6-8-16)20-23-9-14-30-20/h1-9,14,17H,10-13H2. The quantitative estimate of drug-likeness (QED) is 0.753. The van der Waals surface area contributed by atoms with E-state index < -0.39 is 0 Å². The van der Waals surface area contributed by atoms with Crippen LogP contribution < -0.4 is 0 Å². The van der Waals surface area contributed by atoms with Crippen molar-refractivity contribution >= 4 is 34.8 Å². The summed E-state index contributed by atoms with van der Waals surface area (Å²) in [6.45, 7) is 2.31. The Labute approximate surface area is 177 Å². The van der Waals surface area contributed by atoms with E-state index in [0.29, 0.717) is 37.7 Å². The fourth-order valence-electron chi connectivity index (χ4n) is 3.71. The average Bonchev–Trinajstić information content (AvgIpc) is 3.34. The van der Waals surface area contributed by atoms with Gasteiger partial charge in [0.05, 0.1) is 5.71 Å². The summed E-state index contributed by atoms with van der Waals surface area (Å²) < 4.78 is 0. The average molecular weight is 417 g/mol. The third-order valence-electron chi connectivity index (χ3n) is 5.37. The number of piperazine rings is 1. The predicted molar refractivity (Wildman–Crippen MR) is 117 cm³/mol. The number of rotatable bonds is 2.